The predicted octanol–water partition coefficient (Wildman–Crippen LogP) is 1.86. The van der Waals surface area contributed by atoms with Gasteiger partial charge in [-0.2, -0.15) is 0 Å². The van der Waals surface area contributed by atoms with Crippen molar-refractivity contribution >= 4 is 17.3 Å². The van der Waals surface area contributed by atoms with E-state index in [0.717, 1.165) is 5.56 Å². The molecule has 1 amide bonds. The molecule has 86 valence electrons. The number of nitrogens with one attached hydrogen (secondary N) is 1. The lowest BCUT2D eigenvalue weighted by Crippen LogP contribution is -2.08. The second-order valence-corrected chi connectivity index (χ2v) is 3.55. The first-order chi connectivity index (χ1) is 7.45. The van der Waals surface area contributed by atoms with Crippen molar-refractivity contribution in [3.63, 3.8) is 0 Å². The molecule has 0 atom stereocenters. The van der Waals surface area contributed by atoms with Gasteiger partial charge in [0.1, 0.15) is 5.75 Å². The number of anilines is 1. The molecule has 0 aliphatic rings. The number of rotatable bonds is 2. The van der Waals surface area contributed by atoms with Crippen molar-refractivity contribution in [1.82, 2.24) is 0 Å². The highest BCUT2D eigenvalue weighted by Crippen LogP contribution is 2.26. The number of carbonyl (C=O) groups is 1. The van der Waals surface area contributed by atoms with Gasteiger partial charge in [0.05, 0.1) is 5.71 Å². The average molecular weight is 222 g/mol. The van der Waals surface area contributed by atoms with E-state index in [1.165, 1.54) is 13.0 Å². The van der Waals surface area contributed by atoms with Gasteiger partial charge in [-0.05, 0) is 25.5 Å². The largest absolute Gasteiger partial charge is 0.507 e. The molecule has 0 radical (unpaired) electrons. The lowest BCUT2D eigenvalue weighted by atomic mass is 10.0. The number of oxime groups is 1. The molecule has 0 unspecified atom stereocenters. The van der Waals surface area contributed by atoms with Crippen LogP contribution in [0.5, 0.6) is 5.75 Å². The minimum atomic E-state index is -0.206. The van der Waals surface area contributed by atoms with Crippen LogP contribution in [-0.4, -0.2) is 21.9 Å². The number of amides is 1. The van der Waals surface area contributed by atoms with Gasteiger partial charge in [-0.15, -0.1) is 0 Å². The number of carbonyl (C=O) groups excluding carboxylic acids is 1. The topological polar surface area (TPSA) is 81.9 Å². The van der Waals surface area contributed by atoms with Crippen molar-refractivity contribution < 1.29 is 15.1 Å². The zero-order valence-electron chi connectivity index (χ0n) is 9.40. The van der Waals surface area contributed by atoms with Crippen molar-refractivity contribution in [3.8, 4) is 5.75 Å². The summed E-state index contributed by atoms with van der Waals surface area (Å²) in [6.45, 7) is 4.76. The smallest absolute Gasteiger partial charge is 0.221 e. The Kier molecular flexibility index (Phi) is 3.50. The number of aryl methyl sites for hydroxylation is 1. The Labute approximate surface area is 93.4 Å². The third-order valence-electron chi connectivity index (χ3n) is 2.19. The summed E-state index contributed by atoms with van der Waals surface area (Å²) in [4.78, 5) is 10.9. The van der Waals surface area contributed by atoms with Crippen LogP contribution < -0.4 is 5.32 Å². The van der Waals surface area contributed by atoms with E-state index in [9.17, 15) is 9.90 Å². The molecule has 0 fully saturated rings. The van der Waals surface area contributed by atoms with Crippen molar-refractivity contribution in [1.29, 1.82) is 0 Å². The molecule has 3 N–H and O–H groups in total. The van der Waals surface area contributed by atoms with Crippen LogP contribution in [0.4, 0.5) is 5.69 Å². The van der Waals surface area contributed by atoms with Gasteiger partial charge < -0.3 is 15.6 Å². The first kappa shape index (κ1) is 12.0. The van der Waals surface area contributed by atoms with Crippen LogP contribution >= 0.6 is 0 Å². The summed E-state index contributed by atoms with van der Waals surface area (Å²) in [5.74, 6) is -0.243. The molecule has 0 spiro atoms. The molecule has 5 heteroatoms. The quantitative estimate of drug-likeness (QED) is 0.406. The maximum absolute atomic E-state index is 10.9. The zero-order chi connectivity index (χ0) is 12.3. The number of hydrogen-bond donors (Lipinski definition) is 3. The van der Waals surface area contributed by atoms with Crippen LogP contribution in [-0.2, 0) is 4.79 Å². The van der Waals surface area contributed by atoms with Crippen molar-refractivity contribution in [2.45, 2.75) is 20.8 Å². The van der Waals surface area contributed by atoms with E-state index in [0.29, 0.717) is 17.0 Å². The van der Waals surface area contributed by atoms with Crippen LogP contribution in [0.2, 0.25) is 0 Å². The molecule has 16 heavy (non-hydrogen) atoms. The molecule has 1 aromatic rings. The molecular formula is C11H14N2O3. The fourth-order valence-corrected chi connectivity index (χ4v) is 1.36. The summed E-state index contributed by atoms with van der Waals surface area (Å²) in [7, 11) is 0. The molecule has 0 aliphatic heterocycles. The second-order valence-electron chi connectivity index (χ2n) is 3.55. The molecule has 0 heterocycles. The highest BCUT2D eigenvalue weighted by Gasteiger charge is 2.10. The fraction of sp³-hybridized carbons (Fsp3) is 0.273. The first-order valence-electron chi connectivity index (χ1n) is 4.76. The predicted molar refractivity (Wildman–Crippen MR) is 61.1 cm³/mol. The molecule has 0 aromatic heterocycles. The monoisotopic (exact) mass is 222 g/mol. The zero-order valence-corrected chi connectivity index (χ0v) is 9.40. The molecule has 1 aromatic carbocycles. The van der Waals surface area contributed by atoms with E-state index in [-0.39, 0.29) is 11.7 Å². The normalized spacial score (nSPS) is 11.3. The minimum Gasteiger partial charge on any atom is -0.507 e. The van der Waals surface area contributed by atoms with Gasteiger partial charge in [-0.25, -0.2) is 0 Å². The fourth-order valence-electron chi connectivity index (χ4n) is 1.36. The number of nitrogens with zero attached hydrogens (tertiary/aromatic N) is 1. The van der Waals surface area contributed by atoms with Gasteiger partial charge in [-0.1, -0.05) is 5.16 Å². The molecule has 0 aliphatic carbocycles. The van der Waals surface area contributed by atoms with Gasteiger partial charge in [0.15, 0.2) is 0 Å². The molecule has 0 saturated heterocycles. The van der Waals surface area contributed by atoms with Crippen LogP contribution in [0.25, 0.3) is 0 Å². The molecule has 0 saturated carbocycles. The van der Waals surface area contributed by atoms with Crippen molar-refractivity contribution in [2.75, 3.05) is 5.32 Å². The standard InChI is InChI=1S/C11H14N2O3/c1-6-4-9(7(2)13-16)11(15)5-10(6)12-8(3)14/h4-5,15-16H,1-3H3,(H,12,14)/b13-7+. The molecular weight excluding hydrogens is 208 g/mol. The van der Waals surface area contributed by atoms with Crippen LogP contribution in [0.3, 0.4) is 0 Å². The number of hydrogen-bond acceptors (Lipinski definition) is 4. The molecule has 1 rings (SSSR count). The van der Waals surface area contributed by atoms with E-state index >= 15 is 0 Å². The van der Waals surface area contributed by atoms with E-state index < -0.39 is 0 Å². The SMILES string of the molecule is CC(=O)Nc1cc(O)c(/C(C)=N/O)cc1C. The Bertz CT molecular complexity index is 453. The first-order valence-corrected chi connectivity index (χ1v) is 4.76. The number of aromatic hydroxyl groups is 1. The Morgan fingerprint density at radius 1 is 1.38 bits per heavy atom. The van der Waals surface area contributed by atoms with Crippen molar-refractivity contribution in [3.05, 3.63) is 23.3 Å². The van der Waals surface area contributed by atoms with Gasteiger partial charge in [0, 0.05) is 24.2 Å². The maximum atomic E-state index is 10.9. The maximum Gasteiger partial charge on any atom is 0.221 e. The molecule has 0 bridgehead atoms. The van der Waals surface area contributed by atoms with Gasteiger partial charge in [0.25, 0.3) is 0 Å². The van der Waals surface area contributed by atoms with Gasteiger partial charge in [0.2, 0.25) is 5.91 Å². The minimum absolute atomic E-state index is 0.0374. The van der Waals surface area contributed by atoms with E-state index in [4.69, 9.17) is 5.21 Å². The highest BCUT2D eigenvalue weighted by atomic mass is 16.4. The average Bonchev–Trinajstić information content (AvgIpc) is 2.21. The van der Waals surface area contributed by atoms with E-state index in [2.05, 4.69) is 10.5 Å². The summed E-state index contributed by atoms with van der Waals surface area (Å²) in [6, 6.07) is 3.08. The summed E-state index contributed by atoms with van der Waals surface area (Å²) >= 11 is 0. The van der Waals surface area contributed by atoms with Crippen LogP contribution in [0, 0.1) is 6.92 Å². The summed E-state index contributed by atoms with van der Waals surface area (Å²) in [6.07, 6.45) is 0. The van der Waals surface area contributed by atoms with Gasteiger partial charge >= 0.3 is 0 Å². The number of benzene rings is 1. The third kappa shape index (κ3) is 2.50. The second kappa shape index (κ2) is 4.65. The van der Waals surface area contributed by atoms with Gasteiger partial charge in [-0.3, -0.25) is 4.79 Å². The summed E-state index contributed by atoms with van der Waals surface area (Å²) in [5, 5.41) is 23.9. The Morgan fingerprint density at radius 3 is 2.50 bits per heavy atom. The Balaban J connectivity index is 3.21. The lowest BCUT2D eigenvalue weighted by molar-refractivity contribution is -0.114. The van der Waals surface area contributed by atoms with E-state index in [1.807, 2.05) is 0 Å². The highest BCUT2D eigenvalue weighted by molar-refractivity contribution is 6.02. The molecule has 5 nitrogen and oxygen atoms in total. The van der Waals surface area contributed by atoms with E-state index in [1.54, 1.807) is 19.9 Å². The van der Waals surface area contributed by atoms with Crippen molar-refractivity contribution in [2.24, 2.45) is 5.16 Å². The third-order valence-corrected chi connectivity index (χ3v) is 2.19. The summed E-state index contributed by atoms with van der Waals surface area (Å²) in [5.41, 5.74) is 2.08. The number of phenols is 1. The lowest BCUT2D eigenvalue weighted by Gasteiger charge is -2.10. The Hall–Kier alpha value is -2.04. The Morgan fingerprint density at radius 2 is 2.00 bits per heavy atom. The number of phenolic OH excluding ortho intramolecular Hbond substituents is 1. The van der Waals surface area contributed by atoms with Crippen LogP contribution in [0.1, 0.15) is 25.0 Å². The summed E-state index contributed by atoms with van der Waals surface area (Å²) < 4.78 is 0. The van der Waals surface area contributed by atoms with Crippen LogP contribution in [0.15, 0.2) is 17.3 Å².